The molecular formula is C19H14O7. The minimum atomic E-state index is -1.02. The molecule has 2 aliphatic carbocycles. The number of hydrogen-bond acceptors (Lipinski definition) is 6. The number of ketones is 2. The quantitative estimate of drug-likeness (QED) is 0.490. The lowest BCUT2D eigenvalue weighted by Crippen LogP contribution is -2.26. The zero-order valence-electron chi connectivity index (χ0n) is 13.4. The summed E-state index contributed by atoms with van der Waals surface area (Å²) in [6.45, 7) is 0. The van der Waals surface area contributed by atoms with Crippen molar-refractivity contribution in [2.24, 2.45) is 5.92 Å². The molecule has 0 amide bonds. The fourth-order valence-corrected chi connectivity index (χ4v) is 3.86. The van der Waals surface area contributed by atoms with Crippen LogP contribution in [0.15, 0.2) is 18.2 Å². The van der Waals surface area contributed by atoms with E-state index in [0.717, 1.165) is 0 Å². The second-order valence-electron chi connectivity index (χ2n) is 6.54. The fraction of sp³-hybridized carbons (Fsp3) is 0.211. The summed E-state index contributed by atoms with van der Waals surface area (Å²) < 4.78 is 0. The first-order valence-corrected chi connectivity index (χ1v) is 8.06. The number of carbonyl (C=O) groups is 3. The summed E-state index contributed by atoms with van der Waals surface area (Å²) in [5.74, 6) is -4.48. The first kappa shape index (κ1) is 16.1. The molecule has 7 heteroatoms. The number of aromatic hydroxyl groups is 3. The lowest BCUT2D eigenvalue weighted by molar-refractivity contribution is -0.142. The standard InChI is InChI=1S/C19H14O7/c20-11-3-1-2-9-12(11)18(24)14-13(16(9)22)17(23)10-6-7(19(25)26)4-5-8(10)15(14)21/h1-3,7,20-21,23H,4-6H2,(H,25,26). The highest BCUT2D eigenvalue weighted by Gasteiger charge is 2.40. The van der Waals surface area contributed by atoms with E-state index in [1.165, 1.54) is 18.2 Å². The Hall–Kier alpha value is -3.35. The summed E-state index contributed by atoms with van der Waals surface area (Å²) in [7, 11) is 0. The smallest absolute Gasteiger partial charge is 0.306 e. The highest BCUT2D eigenvalue weighted by atomic mass is 16.4. The summed E-state index contributed by atoms with van der Waals surface area (Å²) in [6, 6.07) is 4.02. The van der Waals surface area contributed by atoms with Crippen LogP contribution in [0.25, 0.3) is 0 Å². The van der Waals surface area contributed by atoms with E-state index < -0.39 is 35.0 Å². The van der Waals surface area contributed by atoms with E-state index >= 15 is 0 Å². The average Bonchev–Trinajstić information content (AvgIpc) is 2.62. The van der Waals surface area contributed by atoms with E-state index in [1.54, 1.807) is 0 Å². The average molecular weight is 354 g/mol. The molecule has 132 valence electrons. The first-order chi connectivity index (χ1) is 12.3. The first-order valence-electron chi connectivity index (χ1n) is 8.06. The number of phenolic OH excluding ortho intramolecular Hbond substituents is 3. The van der Waals surface area contributed by atoms with Crippen LogP contribution in [0, 0.1) is 5.92 Å². The number of hydrogen-bond donors (Lipinski definition) is 4. The zero-order valence-corrected chi connectivity index (χ0v) is 13.4. The third-order valence-electron chi connectivity index (χ3n) is 5.17. The van der Waals surface area contributed by atoms with Gasteiger partial charge in [-0.3, -0.25) is 14.4 Å². The van der Waals surface area contributed by atoms with Crippen LogP contribution in [0.3, 0.4) is 0 Å². The summed E-state index contributed by atoms with van der Waals surface area (Å²) >= 11 is 0. The molecule has 0 bridgehead atoms. The van der Waals surface area contributed by atoms with Crippen molar-refractivity contribution in [1.29, 1.82) is 0 Å². The number of carbonyl (C=O) groups excluding carboxylic acids is 2. The molecule has 1 atom stereocenters. The molecule has 2 aromatic carbocycles. The maximum absolute atomic E-state index is 12.8. The molecule has 0 fully saturated rings. The summed E-state index contributed by atoms with van der Waals surface area (Å²) in [5.41, 5.74) is -0.491. The van der Waals surface area contributed by atoms with Crippen LogP contribution < -0.4 is 0 Å². The van der Waals surface area contributed by atoms with E-state index in [9.17, 15) is 34.8 Å². The van der Waals surface area contributed by atoms with Gasteiger partial charge in [-0.1, -0.05) is 12.1 Å². The van der Waals surface area contributed by atoms with Crippen LogP contribution >= 0.6 is 0 Å². The van der Waals surface area contributed by atoms with Crippen molar-refractivity contribution >= 4 is 17.5 Å². The van der Waals surface area contributed by atoms with Crippen LogP contribution in [0.5, 0.6) is 17.2 Å². The number of aliphatic carboxylic acids is 1. The monoisotopic (exact) mass is 354 g/mol. The largest absolute Gasteiger partial charge is 0.507 e. The minimum Gasteiger partial charge on any atom is -0.507 e. The Bertz CT molecular complexity index is 1020. The number of carboxylic acids is 1. The maximum Gasteiger partial charge on any atom is 0.306 e. The second kappa shape index (κ2) is 5.32. The molecule has 0 radical (unpaired) electrons. The molecule has 1 unspecified atom stereocenters. The van der Waals surface area contributed by atoms with Crippen molar-refractivity contribution in [1.82, 2.24) is 0 Å². The Labute approximate surface area is 147 Å². The topological polar surface area (TPSA) is 132 Å². The van der Waals surface area contributed by atoms with Gasteiger partial charge < -0.3 is 20.4 Å². The van der Waals surface area contributed by atoms with Gasteiger partial charge in [0.1, 0.15) is 17.2 Å². The lowest BCUT2D eigenvalue weighted by Gasteiger charge is -2.28. The van der Waals surface area contributed by atoms with Crippen molar-refractivity contribution < 1.29 is 34.8 Å². The molecule has 26 heavy (non-hydrogen) atoms. The molecule has 0 aliphatic heterocycles. The Morgan fingerprint density at radius 3 is 2.27 bits per heavy atom. The van der Waals surface area contributed by atoms with E-state index in [4.69, 9.17) is 0 Å². The van der Waals surface area contributed by atoms with Crippen LogP contribution in [0.4, 0.5) is 0 Å². The van der Waals surface area contributed by atoms with Crippen molar-refractivity contribution in [2.75, 3.05) is 0 Å². The fourth-order valence-electron chi connectivity index (χ4n) is 3.86. The van der Waals surface area contributed by atoms with Crippen molar-refractivity contribution in [2.45, 2.75) is 19.3 Å². The molecule has 0 aromatic heterocycles. The van der Waals surface area contributed by atoms with E-state index in [0.29, 0.717) is 0 Å². The number of phenols is 3. The van der Waals surface area contributed by atoms with Gasteiger partial charge in [-0.25, -0.2) is 0 Å². The Morgan fingerprint density at radius 2 is 1.58 bits per heavy atom. The number of carboxylic acid groups (broad SMARTS) is 1. The van der Waals surface area contributed by atoms with Gasteiger partial charge in [0.25, 0.3) is 0 Å². The highest BCUT2D eigenvalue weighted by Crippen LogP contribution is 2.47. The molecule has 0 spiro atoms. The molecule has 2 aromatic rings. The summed E-state index contributed by atoms with van der Waals surface area (Å²) in [4.78, 5) is 36.9. The lowest BCUT2D eigenvalue weighted by atomic mass is 9.75. The van der Waals surface area contributed by atoms with Gasteiger partial charge in [-0.2, -0.15) is 0 Å². The van der Waals surface area contributed by atoms with Gasteiger partial charge in [-0.05, 0) is 25.3 Å². The summed E-state index contributed by atoms with van der Waals surface area (Å²) in [5, 5.41) is 40.5. The Morgan fingerprint density at radius 1 is 0.923 bits per heavy atom. The van der Waals surface area contributed by atoms with Gasteiger partial charge in [-0.15, -0.1) is 0 Å². The molecule has 0 heterocycles. The molecule has 2 aliphatic rings. The van der Waals surface area contributed by atoms with Crippen molar-refractivity contribution in [3.8, 4) is 17.2 Å². The maximum atomic E-state index is 12.8. The predicted octanol–water partition coefficient (Wildman–Crippen LogP) is 1.77. The van der Waals surface area contributed by atoms with E-state index in [1.807, 2.05) is 0 Å². The number of benzene rings is 2. The molecule has 4 rings (SSSR count). The number of rotatable bonds is 1. The number of fused-ring (bicyclic) bond motifs is 3. The molecule has 4 N–H and O–H groups in total. The second-order valence-corrected chi connectivity index (χ2v) is 6.54. The Balaban J connectivity index is 2.00. The van der Waals surface area contributed by atoms with Crippen LogP contribution in [-0.2, 0) is 17.6 Å². The SMILES string of the molecule is O=C1c2cccc(O)c2C(=O)c2c(O)c3c(c(O)c21)CC(C(=O)O)CC3. The van der Waals surface area contributed by atoms with Gasteiger partial charge in [0.05, 0.1) is 22.6 Å². The van der Waals surface area contributed by atoms with E-state index in [-0.39, 0.29) is 58.4 Å². The van der Waals surface area contributed by atoms with Gasteiger partial charge in [0, 0.05) is 16.7 Å². The Kier molecular flexibility index (Phi) is 3.30. The van der Waals surface area contributed by atoms with Crippen LogP contribution in [0.1, 0.15) is 49.4 Å². The van der Waals surface area contributed by atoms with Crippen molar-refractivity contribution in [3.63, 3.8) is 0 Å². The van der Waals surface area contributed by atoms with Gasteiger partial charge in [0.15, 0.2) is 5.78 Å². The minimum absolute atomic E-state index is 0.0360. The van der Waals surface area contributed by atoms with Crippen LogP contribution in [0.2, 0.25) is 0 Å². The molecule has 7 nitrogen and oxygen atoms in total. The third kappa shape index (κ3) is 1.97. The zero-order chi connectivity index (χ0) is 18.7. The predicted molar refractivity (Wildman–Crippen MR) is 87.9 cm³/mol. The summed E-state index contributed by atoms with van der Waals surface area (Å²) in [6.07, 6.45) is 0.373. The molecule has 0 saturated carbocycles. The van der Waals surface area contributed by atoms with Crippen molar-refractivity contribution in [3.05, 3.63) is 51.6 Å². The molecule has 0 saturated heterocycles. The van der Waals surface area contributed by atoms with E-state index in [2.05, 4.69) is 0 Å². The van der Waals surface area contributed by atoms with Crippen LogP contribution in [-0.4, -0.2) is 38.0 Å². The van der Waals surface area contributed by atoms with Gasteiger partial charge in [0.2, 0.25) is 5.78 Å². The highest BCUT2D eigenvalue weighted by molar-refractivity contribution is 6.31. The molecular weight excluding hydrogens is 340 g/mol. The normalized spacial score (nSPS) is 18.1. The third-order valence-corrected chi connectivity index (χ3v) is 5.17. The van der Waals surface area contributed by atoms with Gasteiger partial charge >= 0.3 is 5.97 Å².